The van der Waals surface area contributed by atoms with Gasteiger partial charge in [0.05, 0.1) is 5.33 Å². The standard InChI is InChI=1S/C8H7BrN2/c1-7-4-6-10-8(11-7)3-2-5-9/h4,6H,5H2,1H3. The van der Waals surface area contributed by atoms with Crippen molar-refractivity contribution in [3.8, 4) is 11.8 Å². The van der Waals surface area contributed by atoms with E-state index in [0.29, 0.717) is 11.2 Å². The van der Waals surface area contributed by atoms with E-state index in [0.717, 1.165) is 5.69 Å². The first-order chi connectivity index (χ1) is 5.33. The molecule has 0 aliphatic rings. The average molecular weight is 211 g/mol. The summed E-state index contributed by atoms with van der Waals surface area (Å²) in [7, 11) is 0. The Labute approximate surface area is 74.2 Å². The van der Waals surface area contributed by atoms with E-state index in [1.54, 1.807) is 6.20 Å². The molecular formula is C8H7BrN2. The van der Waals surface area contributed by atoms with Crippen LogP contribution in [0.5, 0.6) is 0 Å². The summed E-state index contributed by atoms with van der Waals surface area (Å²) in [6.07, 6.45) is 1.71. The first-order valence-corrected chi connectivity index (χ1v) is 4.29. The minimum Gasteiger partial charge on any atom is -0.229 e. The predicted octanol–water partition coefficient (Wildman–Crippen LogP) is 1.53. The fourth-order valence-electron chi connectivity index (χ4n) is 0.622. The Kier molecular flexibility index (Phi) is 3.06. The minimum atomic E-state index is 0.587. The molecule has 0 aliphatic heterocycles. The van der Waals surface area contributed by atoms with Gasteiger partial charge in [0.2, 0.25) is 5.82 Å². The van der Waals surface area contributed by atoms with Crippen LogP contribution in [0.15, 0.2) is 12.3 Å². The lowest BCUT2D eigenvalue weighted by atomic mass is 10.4. The summed E-state index contributed by atoms with van der Waals surface area (Å²) in [6.45, 7) is 1.92. The summed E-state index contributed by atoms with van der Waals surface area (Å²) >= 11 is 3.20. The molecule has 0 radical (unpaired) electrons. The van der Waals surface area contributed by atoms with Gasteiger partial charge in [0.15, 0.2) is 0 Å². The van der Waals surface area contributed by atoms with E-state index in [9.17, 15) is 0 Å². The van der Waals surface area contributed by atoms with Crippen molar-refractivity contribution < 1.29 is 0 Å². The second-order valence-corrected chi connectivity index (χ2v) is 2.52. The Morgan fingerprint density at radius 2 is 2.45 bits per heavy atom. The largest absolute Gasteiger partial charge is 0.229 e. The third kappa shape index (κ3) is 2.69. The molecule has 0 saturated heterocycles. The van der Waals surface area contributed by atoms with Crippen LogP contribution in [0.3, 0.4) is 0 Å². The smallest absolute Gasteiger partial charge is 0.205 e. The van der Waals surface area contributed by atoms with Gasteiger partial charge in [-0.15, -0.1) is 0 Å². The van der Waals surface area contributed by atoms with Gasteiger partial charge in [-0.2, -0.15) is 0 Å². The van der Waals surface area contributed by atoms with E-state index in [4.69, 9.17) is 0 Å². The molecule has 2 nitrogen and oxygen atoms in total. The zero-order valence-corrected chi connectivity index (χ0v) is 7.72. The SMILES string of the molecule is Cc1ccnc(C#CCBr)n1. The molecule has 0 spiro atoms. The summed E-state index contributed by atoms with van der Waals surface area (Å²) in [5, 5.41) is 0.657. The molecule has 1 aromatic rings. The third-order valence-electron chi connectivity index (χ3n) is 1.06. The van der Waals surface area contributed by atoms with Crippen LogP contribution in [0, 0.1) is 18.8 Å². The predicted molar refractivity (Wildman–Crippen MR) is 47.4 cm³/mol. The van der Waals surface area contributed by atoms with Crippen LogP contribution in [-0.2, 0) is 0 Å². The fourth-order valence-corrected chi connectivity index (χ4v) is 0.762. The molecule has 3 heteroatoms. The number of hydrogen-bond donors (Lipinski definition) is 0. The molecule has 0 fully saturated rings. The number of nitrogens with zero attached hydrogens (tertiary/aromatic N) is 2. The Hall–Kier alpha value is -0.880. The molecule has 0 amide bonds. The van der Waals surface area contributed by atoms with Gasteiger partial charge in [-0.25, -0.2) is 9.97 Å². The summed E-state index contributed by atoms with van der Waals surface area (Å²) in [6, 6.07) is 1.85. The Bertz CT molecular complexity index is 298. The summed E-state index contributed by atoms with van der Waals surface area (Å²) < 4.78 is 0. The van der Waals surface area contributed by atoms with Crippen LogP contribution < -0.4 is 0 Å². The molecule has 0 aliphatic carbocycles. The van der Waals surface area contributed by atoms with Crippen LogP contribution in [0.1, 0.15) is 11.5 Å². The van der Waals surface area contributed by atoms with Gasteiger partial charge < -0.3 is 0 Å². The van der Waals surface area contributed by atoms with Gasteiger partial charge in [0, 0.05) is 11.9 Å². The summed E-state index contributed by atoms with van der Waals surface area (Å²) in [5.74, 6) is 6.24. The highest BCUT2D eigenvalue weighted by Crippen LogP contribution is 1.90. The molecule has 0 saturated carbocycles. The summed E-state index contributed by atoms with van der Waals surface area (Å²) in [4.78, 5) is 8.08. The number of hydrogen-bond acceptors (Lipinski definition) is 2. The molecule has 1 rings (SSSR count). The number of rotatable bonds is 0. The first kappa shape index (κ1) is 8.22. The number of alkyl halides is 1. The topological polar surface area (TPSA) is 25.8 Å². The quantitative estimate of drug-likeness (QED) is 0.480. The van der Waals surface area contributed by atoms with Crippen LogP contribution in [0.2, 0.25) is 0 Å². The number of aryl methyl sites for hydroxylation is 1. The maximum absolute atomic E-state index is 4.11. The number of aromatic nitrogens is 2. The van der Waals surface area contributed by atoms with Crippen molar-refractivity contribution in [2.45, 2.75) is 6.92 Å². The Morgan fingerprint density at radius 1 is 1.64 bits per heavy atom. The van der Waals surface area contributed by atoms with Crippen LogP contribution in [0.4, 0.5) is 0 Å². The second kappa shape index (κ2) is 4.09. The average Bonchev–Trinajstić information content (AvgIpc) is 2.01. The third-order valence-corrected chi connectivity index (χ3v) is 1.34. The maximum atomic E-state index is 4.11. The number of halogens is 1. The van der Waals surface area contributed by atoms with Crippen LogP contribution >= 0.6 is 15.9 Å². The lowest BCUT2D eigenvalue weighted by Crippen LogP contribution is -1.89. The van der Waals surface area contributed by atoms with Crippen LogP contribution in [-0.4, -0.2) is 15.3 Å². The highest BCUT2D eigenvalue weighted by molar-refractivity contribution is 9.09. The fraction of sp³-hybridized carbons (Fsp3) is 0.250. The van der Waals surface area contributed by atoms with Crippen molar-refractivity contribution >= 4 is 15.9 Å². The molecule has 1 heterocycles. The van der Waals surface area contributed by atoms with Crippen LogP contribution in [0.25, 0.3) is 0 Å². The molecule has 0 N–H and O–H groups in total. The van der Waals surface area contributed by atoms with Crippen molar-refractivity contribution in [1.29, 1.82) is 0 Å². The molecule has 0 atom stereocenters. The first-order valence-electron chi connectivity index (χ1n) is 3.17. The summed E-state index contributed by atoms with van der Waals surface area (Å²) in [5.41, 5.74) is 0.943. The van der Waals surface area contributed by atoms with E-state index < -0.39 is 0 Å². The van der Waals surface area contributed by atoms with Crippen molar-refractivity contribution in [3.63, 3.8) is 0 Å². The Balaban J connectivity index is 2.87. The molecule has 11 heavy (non-hydrogen) atoms. The lowest BCUT2D eigenvalue weighted by molar-refractivity contribution is 1.07. The molecule has 0 aromatic carbocycles. The highest BCUT2D eigenvalue weighted by Gasteiger charge is 1.88. The van der Waals surface area contributed by atoms with Gasteiger partial charge in [-0.3, -0.25) is 0 Å². The van der Waals surface area contributed by atoms with Gasteiger partial charge in [0.25, 0.3) is 0 Å². The molecule has 0 unspecified atom stereocenters. The van der Waals surface area contributed by atoms with Crippen molar-refractivity contribution in [1.82, 2.24) is 9.97 Å². The van der Waals surface area contributed by atoms with Crippen molar-refractivity contribution in [2.75, 3.05) is 5.33 Å². The van der Waals surface area contributed by atoms with Crippen molar-refractivity contribution in [3.05, 3.63) is 23.8 Å². The molecular weight excluding hydrogens is 204 g/mol. The minimum absolute atomic E-state index is 0.587. The monoisotopic (exact) mass is 210 g/mol. The van der Waals surface area contributed by atoms with E-state index in [1.807, 2.05) is 13.0 Å². The normalized spacial score (nSPS) is 8.55. The lowest BCUT2D eigenvalue weighted by Gasteiger charge is -1.89. The zero-order valence-electron chi connectivity index (χ0n) is 6.13. The molecule has 0 bridgehead atoms. The zero-order chi connectivity index (χ0) is 8.10. The van der Waals surface area contributed by atoms with E-state index in [1.165, 1.54) is 0 Å². The van der Waals surface area contributed by atoms with Gasteiger partial charge >= 0.3 is 0 Å². The van der Waals surface area contributed by atoms with Gasteiger partial charge in [0.1, 0.15) is 0 Å². The van der Waals surface area contributed by atoms with E-state index in [2.05, 4.69) is 37.7 Å². The maximum Gasteiger partial charge on any atom is 0.205 e. The second-order valence-electron chi connectivity index (χ2n) is 1.96. The van der Waals surface area contributed by atoms with Gasteiger partial charge in [-0.1, -0.05) is 21.9 Å². The Morgan fingerprint density at radius 3 is 3.09 bits per heavy atom. The highest BCUT2D eigenvalue weighted by atomic mass is 79.9. The molecule has 56 valence electrons. The van der Waals surface area contributed by atoms with E-state index in [-0.39, 0.29) is 0 Å². The molecule has 1 aromatic heterocycles. The van der Waals surface area contributed by atoms with Gasteiger partial charge in [-0.05, 0) is 18.9 Å². The van der Waals surface area contributed by atoms with E-state index >= 15 is 0 Å². The van der Waals surface area contributed by atoms with Crippen molar-refractivity contribution in [2.24, 2.45) is 0 Å².